The van der Waals surface area contributed by atoms with E-state index in [0.717, 1.165) is 24.1 Å². The van der Waals surface area contributed by atoms with Gasteiger partial charge in [0.25, 0.3) is 5.91 Å². The molecule has 1 fully saturated rings. The minimum Gasteiger partial charge on any atom is -0.347 e. The first-order chi connectivity index (χ1) is 12.9. The minimum absolute atomic E-state index is 0.168. The van der Waals surface area contributed by atoms with Crippen LogP contribution in [0.2, 0.25) is 0 Å². The van der Waals surface area contributed by atoms with Crippen LogP contribution in [0.3, 0.4) is 0 Å². The van der Waals surface area contributed by atoms with E-state index in [2.05, 4.69) is 39.1 Å². The monoisotopic (exact) mass is 360 g/mol. The van der Waals surface area contributed by atoms with E-state index in [1.807, 2.05) is 13.0 Å². The highest BCUT2D eigenvalue weighted by atomic mass is 16.1. The summed E-state index contributed by atoms with van der Waals surface area (Å²) in [5.74, 6) is 0.356. The van der Waals surface area contributed by atoms with Crippen LogP contribution in [0.25, 0.3) is 21.7 Å². The lowest BCUT2D eigenvalue weighted by atomic mass is 9.98. The zero-order chi connectivity index (χ0) is 19.2. The van der Waals surface area contributed by atoms with E-state index in [4.69, 9.17) is 6.57 Å². The number of hydrogen-bond acceptors (Lipinski definition) is 4. The average Bonchev–Trinajstić information content (AvgIpc) is 3.42. The van der Waals surface area contributed by atoms with E-state index in [0.29, 0.717) is 28.5 Å². The van der Waals surface area contributed by atoms with Crippen LogP contribution in [-0.4, -0.2) is 31.0 Å². The van der Waals surface area contributed by atoms with E-state index in [1.165, 1.54) is 6.20 Å². The maximum absolute atomic E-state index is 12.9. The van der Waals surface area contributed by atoms with Gasteiger partial charge in [0.05, 0.1) is 18.5 Å². The Kier molecular flexibility index (Phi) is 3.92. The molecule has 1 amide bonds. The van der Waals surface area contributed by atoms with E-state index >= 15 is 0 Å². The molecule has 136 valence electrons. The zero-order valence-corrected chi connectivity index (χ0v) is 15.5. The van der Waals surface area contributed by atoms with Crippen LogP contribution in [0, 0.1) is 19.4 Å². The molecular formula is C20H20N6O. The molecule has 1 aliphatic rings. The molecule has 3 aromatic heterocycles. The van der Waals surface area contributed by atoms with Crippen molar-refractivity contribution >= 4 is 17.2 Å². The van der Waals surface area contributed by atoms with E-state index in [1.54, 1.807) is 23.0 Å². The fourth-order valence-electron chi connectivity index (χ4n) is 3.32. The molecule has 1 aliphatic carbocycles. The largest absolute Gasteiger partial charge is 0.347 e. The maximum atomic E-state index is 12.9. The van der Waals surface area contributed by atoms with Crippen molar-refractivity contribution in [1.82, 2.24) is 24.9 Å². The number of amides is 1. The summed E-state index contributed by atoms with van der Waals surface area (Å²) in [5.41, 5.74) is 3.40. The van der Waals surface area contributed by atoms with Gasteiger partial charge in [0, 0.05) is 29.2 Å². The second-order valence-corrected chi connectivity index (χ2v) is 7.57. The molecule has 7 nitrogen and oxygen atoms in total. The van der Waals surface area contributed by atoms with Gasteiger partial charge >= 0.3 is 0 Å². The molecule has 0 saturated heterocycles. The third-order valence-corrected chi connectivity index (χ3v) is 5.08. The Balaban J connectivity index is 1.76. The lowest BCUT2D eigenvalue weighted by Gasteiger charge is -2.25. The highest BCUT2D eigenvalue weighted by molar-refractivity contribution is 6.00. The summed E-state index contributed by atoms with van der Waals surface area (Å²) >= 11 is 0. The molecule has 3 heterocycles. The van der Waals surface area contributed by atoms with E-state index in [-0.39, 0.29) is 11.4 Å². The van der Waals surface area contributed by atoms with Gasteiger partial charge in [0.2, 0.25) is 5.69 Å². The highest BCUT2D eigenvalue weighted by Gasteiger charge is 2.39. The zero-order valence-electron chi connectivity index (χ0n) is 15.5. The maximum Gasteiger partial charge on any atom is 0.257 e. The predicted octanol–water partition coefficient (Wildman–Crippen LogP) is 3.57. The van der Waals surface area contributed by atoms with Gasteiger partial charge in [-0.15, -0.1) is 0 Å². The average molecular weight is 360 g/mol. The Morgan fingerprint density at radius 3 is 2.78 bits per heavy atom. The third-order valence-electron chi connectivity index (χ3n) is 5.08. The number of rotatable bonds is 4. The molecule has 0 bridgehead atoms. The molecule has 27 heavy (non-hydrogen) atoms. The first-order valence-corrected chi connectivity index (χ1v) is 8.90. The van der Waals surface area contributed by atoms with Crippen molar-refractivity contribution in [2.45, 2.75) is 39.2 Å². The Bertz CT molecular complexity index is 1090. The van der Waals surface area contributed by atoms with Crippen LogP contribution in [0.5, 0.6) is 0 Å². The van der Waals surface area contributed by atoms with Crippen LogP contribution in [0.4, 0.5) is 5.69 Å². The van der Waals surface area contributed by atoms with Crippen molar-refractivity contribution in [2.24, 2.45) is 5.92 Å². The molecule has 3 aromatic rings. The van der Waals surface area contributed by atoms with Gasteiger partial charge in [-0.2, -0.15) is 5.10 Å². The predicted molar refractivity (Wildman–Crippen MR) is 101 cm³/mol. The molecule has 0 unspecified atom stereocenters. The summed E-state index contributed by atoms with van der Waals surface area (Å²) in [5, 5.41) is 7.45. The fraction of sp³-hybridized carbons (Fsp3) is 0.350. The van der Waals surface area contributed by atoms with Crippen LogP contribution in [0.1, 0.15) is 42.7 Å². The molecule has 7 heteroatoms. The van der Waals surface area contributed by atoms with Crippen LogP contribution < -0.4 is 5.32 Å². The lowest BCUT2D eigenvalue weighted by molar-refractivity contribution is 0.0905. The fourth-order valence-corrected chi connectivity index (χ4v) is 3.32. The summed E-state index contributed by atoms with van der Waals surface area (Å²) < 4.78 is 1.66. The molecule has 4 rings (SSSR count). The number of hydrogen-bond donors (Lipinski definition) is 1. The molecule has 0 spiro atoms. The van der Waals surface area contributed by atoms with Gasteiger partial charge in [-0.1, -0.05) is 0 Å². The summed E-state index contributed by atoms with van der Waals surface area (Å²) in [6.45, 7) is 13.2. The molecule has 0 aromatic carbocycles. The first kappa shape index (κ1) is 17.2. The molecule has 0 radical (unpaired) electrons. The van der Waals surface area contributed by atoms with Gasteiger partial charge in [0.15, 0.2) is 5.65 Å². The van der Waals surface area contributed by atoms with E-state index in [9.17, 15) is 4.79 Å². The Morgan fingerprint density at radius 1 is 1.30 bits per heavy atom. The van der Waals surface area contributed by atoms with Crippen molar-refractivity contribution in [3.8, 4) is 11.3 Å². The van der Waals surface area contributed by atoms with Crippen molar-refractivity contribution < 1.29 is 4.79 Å². The summed E-state index contributed by atoms with van der Waals surface area (Å²) in [6, 6.07) is 3.62. The standard InChI is InChI=1S/C20H20N6O/c1-12-7-17(13-8-15(21-4)10-22-9-13)24-18-16(11-23-26(12)18)19(27)25-20(2,3)14-5-6-14/h7-11,14H,5-6H2,1-3H3,(H,25,27). The second kappa shape index (κ2) is 6.16. The second-order valence-electron chi connectivity index (χ2n) is 7.57. The van der Waals surface area contributed by atoms with Gasteiger partial charge in [-0.25, -0.2) is 14.3 Å². The molecular weight excluding hydrogens is 340 g/mol. The number of carbonyl (C=O) groups excluding carboxylic acids is 1. The third kappa shape index (κ3) is 3.14. The Labute approximate surface area is 157 Å². The van der Waals surface area contributed by atoms with Gasteiger partial charge in [-0.05, 0) is 51.7 Å². The van der Waals surface area contributed by atoms with Crippen molar-refractivity contribution in [1.29, 1.82) is 0 Å². The molecule has 0 aliphatic heterocycles. The van der Waals surface area contributed by atoms with E-state index < -0.39 is 0 Å². The number of pyridine rings is 1. The molecule has 1 saturated carbocycles. The Morgan fingerprint density at radius 2 is 2.07 bits per heavy atom. The topological polar surface area (TPSA) is 76.5 Å². The summed E-state index contributed by atoms with van der Waals surface area (Å²) in [6.07, 6.45) is 7.03. The number of nitrogens with one attached hydrogen (secondary N) is 1. The van der Waals surface area contributed by atoms with Crippen LogP contribution >= 0.6 is 0 Å². The van der Waals surface area contributed by atoms with Gasteiger partial charge in [-0.3, -0.25) is 9.78 Å². The smallest absolute Gasteiger partial charge is 0.257 e. The van der Waals surface area contributed by atoms with Gasteiger partial charge in [0.1, 0.15) is 5.56 Å². The number of nitrogens with zero attached hydrogens (tertiary/aromatic N) is 5. The van der Waals surface area contributed by atoms with Crippen molar-refractivity contribution in [3.05, 3.63) is 53.4 Å². The van der Waals surface area contributed by atoms with Gasteiger partial charge < -0.3 is 5.32 Å². The lowest BCUT2D eigenvalue weighted by Crippen LogP contribution is -2.45. The number of fused-ring (bicyclic) bond motifs is 1. The summed E-state index contributed by atoms with van der Waals surface area (Å²) in [7, 11) is 0. The Hall–Kier alpha value is -3.27. The molecule has 0 atom stereocenters. The van der Waals surface area contributed by atoms with Crippen LogP contribution in [-0.2, 0) is 0 Å². The van der Waals surface area contributed by atoms with Crippen molar-refractivity contribution in [3.63, 3.8) is 0 Å². The SMILES string of the molecule is [C-]#[N+]c1cncc(-c2cc(C)n3ncc(C(=O)NC(C)(C)C4CC4)c3n2)c1. The van der Waals surface area contributed by atoms with Crippen molar-refractivity contribution in [2.75, 3.05) is 0 Å². The first-order valence-electron chi connectivity index (χ1n) is 8.90. The number of aryl methyl sites for hydroxylation is 1. The number of carbonyl (C=O) groups is 1. The summed E-state index contributed by atoms with van der Waals surface area (Å²) in [4.78, 5) is 25.0. The van der Waals surface area contributed by atoms with Crippen LogP contribution in [0.15, 0.2) is 30.7 Å². The molecule has 1 N–H and O–H groups in total. The highest BCUT2D eigenvalue weighted by Crippen LogP contribution is 2.39. The normalized spacial score (nSPS) is 14.1. The number of aromatic nitrogens is 4. The minimum atomic E-state index is -0.244. The quantitative estimate of drug-likeness (QED) is 0.722.